The number of carboxylic acid groups (broad SMARTS) is 1. The van der Waals surface area contributed by atoms with Crippen LogP contribution in [-0.4, -0.2) is 77.8 Å². The number of nitrogens with one attached hydrogen (secondary N) is 3. The zero-order chi connectivity index (χ0) is 34.8. The van der Waals surface area contributed by atoms with Crippen molar-refractivity contribution >= 4 is 27.7 Å². The summed E-state index contributed by atoms with van der Waals surface area (Å²) in [5.74, 6) is -2.25. The van der Waals surface area contributed by atoms with E-state index in [9.17, 15) is 33.0 Å². The number of pyridine rings is 1. The van der Waals surface area contributed by atoms with Gasteiger partial charge in [-0.05, 0) is 47.9 Å². The first-order valence-corrected chi connectivity index (χ1v) is 17.6. The van der Waals surface area contributed by atoms with Crippen LogP contribution in [0.5, 0.6) is 0 Å². The highest BCUT2D eigenvalue weighted by molar-refractivity contribution is 7.90. The molecule has 3 aromatic rings. The van der Waals surface area contributed by atoms with Crippen LogP contribution in [-0.2, 0) is 32.3 Å². The van der Waals surface area contributed by atoms with Crippen molar-refractivity contribution in [3.63, 3.8) is 0 Å². The molecule has 0 aliphatic rings. The van der Waals surface area contributed by atoms with Gasteiger partial charge in [0, 0.05) is 30.0 Å². The third-order valence-electron chi connectivity index (χ3n) is 7.76. The fraction of sp³-hybridized carbons (Fsp3) is 0.429. The van der Waals surface area contributed by atoms with Gasteiger partial charge < -0.3 is 26.2 Å². The molecule has 0 saturated heterocycles. The van der Waals surface area contributed by atoms with Crippen LogP contribution >= 0.6 is 0 Å². The molecule has 1 heterocycles. The number of amides is 3. The molecule has 12 heteroatoms. The number of carbonyl (C=O) groups is 3. The van der Waals surface area contributed by atoms with Gasteiger partial charge in [-0.25, -0.2) is 13.2 Å². The maximum atomic E-state index is 13.6. The Morgan fingerprint density at radius 3 is 2.00 bits per heavy atom. The van der Waals surface area contributed by atoms with Crippen molar-refractivity contribution in [2.24, 2.45) is 11.3 Å². The van der Waals surface area contributed by atoms with Crippen molar-refractivity contribution in [3.05, 3.63) is 90.1 Å². The second-order valence-electron chi connectivity index (χ2n) is 13.2. The van der Waals surface area contributed by atoms with E-state index in [2.05, 4.69) is 20.9 Å². The number of nitrogens with zero attached hydrogens (tertiary/aromatic N) is 1. The number of sulfone groups is 1. The highest BCUT2D eigenvalue weighted by Gasteiger charge is 2.35. The molecular weight excluding hydrogens is 620 g/mol. The Morgan fingerprint density at radius 1 is 0.830 bits per heavy atom. The molecule has 0 radical (unpaired) electrons. The molecule has 0 saturated carbocycles. The Bertz CT molecular complexity index is 1580. The van der Waals surface area contributed by atoms with Crippen LogP contribution in [0.25, 0.3) is 11.3 Å². The van der Waals surface area contributed by atoms with Crippen LogP contribution in [0.2, 0.25) is 0 Å². The van der Waals surface area contributed by atoms with Crippen molar-refractivity contribution in [3.8, 4) is 11.3 Å². The molecule has 1 aromatic heterocycles. The lowest BCUT2D eigenvalue weighted by Crippen LogP contribution is -2.56. The summed E-state index contributed by atoms with van der Waals surface area (Å²) < 4.78 is 23.7. The summed E-state index contributed by atoms with van der Waals surface area (Å²) in [6, 6.07) is 20.0. The summed E-state index contributed by atoms with van der Waals surface area (Å²) in [4.78, 5) is 42.6. The predicted molar refractivity (Wildman–Crippen MR) is 181 cm³/mol. The van der Waals surface area contributed by atoms with E-state index in [0.29, 0.717) is 6.42 Å². The van der Waals surface area contributed by atoms with Gasteiger partial charge in [0.2, 0.25) is 11.8 Å². The standard InChI is InChI=1S/C35H46N4O7S/c1-23(22-47(5,45)46)32(41)38-29(20-24-11-7-6-8-12-24)30(40)21-27(37-33(42)31(35(2,3)4)39-34(43)44)19-25-14-16-26(17-15-25)28-13-9-10-18-36-28/h6-18,23,27,29-31,39-40H,19-22H2,1-5H3,(H,37,42)(H,38,41)(H,43,44)/t23-,27+,29+,30+,31-/m1/s1. The van der Waals surface area contributed by atoms with E-state index in [0.717, 1.165) is 28.6 Å². The highest BCUT2D eigenvalue weighted by atomic mass is 32.2. The molecule has 3 amide bonds. The number of aliphatic hydroxyl groups excluding tert-OH is 1. The second kappa shape index (κ2) is 16.5. The van der Waals surface area contributed by atoms with Crippen molar-refractivity contribution in [1.29, 1.82) is 0 Å². The van der Waals surface area contributed by atoms with Gasteiger partial charge in [0.1, 0.15) is 15.9 Å². The van der Waals surface area contributed by atoms with Gasteiger partial charge in [0.05, 0.1) is 23.6 Å². The quantitative estimate of drug-likeness (QED) is 0.164. The minimum absolute atomic E-state index is 0.00983. The molecule has 0 bridgehead atoms. The molecule has 0 fully saturated rings. The second-order valence-corrected chi connectivity index (χ2v) is 15.4. The van der Waals surface area contributed by atoms with Gasteiger partial charge >= 0.3 is 6.09 Å². The number of benzene rings is 2. The van der Waals surface area contributed by atoms with Crippen LogP contribution in [0.3, 0.4) is 0 Å². The van der Waals surface area contributed by atoms with E-state index >= 15 is 0 Å². The molecule has 5 N–H and O–H groups in total. The first-order valence-electron chi connectivity index (χ1n) is 15.5. The van der Waals surface area contributed by atoms with E-state index in [-0.39, 0.29) is 18.6 Å². The molecule has 3 rings (SSSR count). The summed E-state index contributed by atoms with van der Waals surface area (Å²) in [7, 11) is -3.42. The topological polar surface area (TPSA) is 175 Å². The van der Waals surface area contributed by atoms with E-state index in [1.807, 2.05) is 72.8 Å². The SMILES string of the molecule is C[C@H](CS(C)(=O)=O)C(=O)N[C@@H](Cc1ccccc1)[C@@H](O)C[C@H](Cc1ccc(-c2ccccn2)cc1)NC(=O)[C@@H](NC(=O)O)C(C)(C)C. The highest BCUT2D eigenvalue weighted by Crippen LogP contribution is 2.22. The van der Waals surface area contributed by atoms with E-state index < -0.39 is 63.3 Å². The number of hydrogen-bond acceptors (Lipinski definition) is 7. The molecule has 47 heavy (non-hydrogen) atoms. The van der Waals surface area contributed by atoms with Gasteiger partial charge in [-0.3, -0.25) is 14.6 Å². The molecule has 0 spiro atoms. The maximum absolute atomic E-state index is 13.6. The van der Waals surface area contributed by atoms with Gasteiger partial charge in [0.15, 0.2) is 0 Å². The summed E-state index contributed by atoms with van der Waals surface area (Å²) in [6.07, 6.45) is 0.831. The number of hydrogen-bond donors (Lipinski definition) is 5. The van der Waals surface area contributed by atoms with Crippen LogP contribution < -0.4 is 16.0 Å². The third kappa shape index (κ3) is 12.4. The maximum Gasteiger partial charge on any atom is 0.405 e. The van der Waals surface area contributed by atoms with Crippen molar-refractivity contribution in [2.75, 3.05) is 12.0 Å². The summed E-state index contributed by atoms with van der Waals surface area (Å²) in [5, 5.41) is 29.2. The summed E-state index contributed by atoms with van der Waals surface area (Å²) in [6.45, 7) is 6.76. The fourth-order valence-corrected chi connectivity index (χ4v) is 6.43. The molecule has 11 nitrogen and oxygen atoms in total. The predicted octanol–water partition coefficient (Wildman–Crippen LogP) is 3.62. The Balaban J connectivity index is 1.90. The summed E-state index contributed by atoms with van der Waals surface area (Å²) >= 11 is 0. The molecule has 0 aliphatic carbocycles. The molecule has 5 atom stereocenters. The molecule has 2 aromatic carbocycles. The normalized spacial score (nSPS) is 15.0. The Labute approximate surface area is 277 Å². The number of carbonyl (C=O) groups excluding carboxylic acids is 2. The van der Waals surface area contributed by atoms with E-state index in [1.165, 1.54) is 6.92 Å². The Hall–Kier alpha value is -4.29. The Morgan fingerprint density at radius 2 is 1.45 bits per heavy atom. The fourth-order valence-electron chi connectivity index (χ4n) is 5.37. The van der Waals surface area contributed by atoms with Crippen LogP contribution in [0.15, 0.2) is 79.0 Å². The van der Waals surface area contributed by atoms with Crippen LogP contribution in [0, 0.1) is 11.3 Å². The van der Waals surface area contributed by atoms with Gasteiger partial charge in [-0.2, -0.15) is 0 Å². The van der Waals surface area contributed by atoms with Crippen molar-refractivity contribution < 1.29 is 33.0 Å². The minimum Gasteiger partial charge on any atom is -0.465 e. The van der Waals surface area contributed by atoms with Gasteiger partial charge in [0.25, 0.3) is 0 Å². The molecular formula is C35H46N4O7S. The average molecular weight is 667 g/mol. The zero-order valence-corrected chi connectivity index (χ0v) is 28.3. The lowest BCUT2D eigenvalue weighted by Gasteiger charge is -2.33. The monoisotopic (exact) mass is 666 g/mol. The van der Waals surface area contributed by atoms with Crippen LogP contribution in [0.4, 0.5) is 4.79 Å². The first-order chi connectivity index (χ1) is 22.0. The molecule has 254 valence electrons. The largest absolute Gasteiger partial charge is 0.465 e. The van der Waals surface area contributed by atoms with E-state index in [4.69, 9.17) is 0 Å². The molecule has 0 aliphatic heterocycles. The zero-order valence-electron chi connectivity index (χ0n) is 27.5. The van der Waals surface area contributed by atoms with Gasteiger partial charge in [-0.1, -0.05) is 88.4 Å². The first kappa shape index (κ1) is 37.2. The van der Waals surface area contributed by atoms with Crippen LogP contribution in [0.1, 0.15) is 45.2 Å². The van der Waals surface area contributed by atoms with Gasteiger partial charge in [-0.15, -0.1) is 0 Å². The number of rotatable bonds is 15. The van der Waals surface area contributed by atoms with E-state index in [1.54, 1.807) is 27.0 Å². The Kier molecular flexibility index (Phi) is 13.1. The molecule has 0 unspecified atom stereocenters. The minimum atomic E-state index is -3.42. The lowest BCUT2D eigenvalue weighted by atomic mass is 9.85. The lowest BCUT2D eigenvalue weighted by molar-refractivity contribution is -0.127. The third-order valence-corrected chi connectivity index (χ3v) is 8.86. The number of aliphatic hydroxyl groups is 1. The smallest absolute Gasteiger partial charge is 0.405 e. The summed E-state index contributed by atoms with van der Waals surface area (Å²) in [5.41, 5.74) is 2.65. The van der Waals surface area contributed by atoms with Crippen molar-refractivity contribution in [2.45, 2.75) is 71.2 Å². The van der Waals surface area contributed by atoms with Crippen molar-refractivity contribution in [1.82, 2.24) is 20.9 Å². The average Bonchev–Trinajstić information content (AvgIpc) is 2.99. The number of aromatic nitrogens is 1.